The molecule has 1 fully saturated rings. The van der Waals surface area contributed by atoms with Gasteiger partial charge in [0, 0.05) is 13.1 Å². The molecule has 104 valence electrons. The van der Waals surface area contributed by atoms with Gasteiger partial charge in [-0.2, -0.15) is 8.42 Å². The van der Waals surface area contributed by atoms with Crippen molar-refractivity contribution in [3.63, 3.8) is 0 Å². The topological polar surface area (TPSA) is 66.8 Å². The van der Waals surface area contributed by atoms with Gasteiger partial charge in [-0.05, 0) is 20.9 Å². The second-order valence-electron chi connectivity index (χ2n) is 4.52. The molecule has 1 aliphatic rings. The first-order valence-electron chi connectivity index (χ1n) is 5.86. The molecule has 0 bridgehead atoms. The van der Waals surface area contributed by atoms with Crippen LogP contribution in [0.4, 0.5) is 0 Å². The number of quaternary nitrogens is 1. The van der Waals surface area contributed by atoms with E-state index in [0.717, 1.165) is 0 Å². The molecule has 1 rings (SSSR count). The smallest absolute Gasteiger partial charge is 0.324 e. The predicted molar refractivity (Wildman–Crippen MR) is 67.1 cm³/mol. The van der Waals surface area contributed by atoms with Crippen molar-refractivity contribution in [2.75, 3.05) is 53.4 Å². The van der Waals surface area contributed by atoms with E-state index in [4.69, 9.17) is 4.55 Å². The highest BCUT2D eigenvalue weighted by molar-refractivity contribution is 7.80. The molecular weight excluding hydrogens is 244 g/mol. The first-order chi connectivity index (χ1) is 7.72. The maximum atomic E-state index is 9.56. The minimum Gasteiger partial charge on any atom is -0.324 e. The van der Waals surface area contributed by atoms with Crippen molar-refractivity contribution < 1.29 is 21.6 Å². The SMILES string of the molecule is CCOS(=O)(=O)O.CC[N+]1(C)CCN(C)CC1. The van der Waals surface area contributed by atoms with Crippen LogP contribution in [0.5, 0.6) is 0 Å². The zero-order valence-corrected chi connectivity index (χ0v) is 12.0. The van der Waals surface area contributed by atoms with Crippen molar-refractivity contribution >= 4 is 10.4 Å². The summed E-state index contributed by atoms with van der Waals surface area (Å²) in [7, 11) is 0.387. The molecule has 0 spiro atoms. The second-order valence-corrected chi connectivity index (χ2v) is 5.61. The van der Waals surface area contributed by atoms with Gasteiger partial charge in [0.1, 0.15) is 0 Å². The number of piperazine rings is 1. The molecule has 0 atom stereocenters. The Hall–Kier alpha value is -0.210. The molecule has 0 aromatic rings. The fourth-order valence-electron chi connectivity index (χ4n) is 1.51. The van der Waals surface area contributed by atoms with Crippen molar-refractivity contribution in [1.82, 2.24) is 4.90 Å². The van der Waals surface area contributed by atoms with Crippen LogP contribution in [0.15, 0.2) is 0 Å². The highest BCUT2D eigenvalue weighted by Crippen LogP contribution is 2.06. The molecule has 6 nitrogen and oxygen atoms in total. The fourth-order valence-corrected chi connectivity index (χ4v) is 1.81. The van der Waals surface area contributed by atoms with E-state index in [9.17, 15) is 8.42 Å². The molecule has 1 aliphatic heterocycles. The third-order valence-corrected chi connectivity index (χ3v) is 3.61. The van der Waals surface area contributed by atoms with Crippen LogP contribution in [0.1, 0.15) is 13.8 Å². The van der Waals surface area contributed by atoms with E-state index >= 15 is 0 Å². The minimum atomic E-state index is -4.17. The van der Waals surface area contributed by atoms with Gasteiger partial charge >= 0.3 is 10.4 Å². The lowest BCUT2D eigenvalue weighted by molar-refractivity contribution is -0.911. The summed E-state index contributed by atoms with van der Waals surface area (Å²) < 4.78 is 31.9. The van der Waals surface area contributed by atoms with Gasteiger partial charge in [0.2, 0.25) is 0 Å². The summed E-state index contributed by atoms with van der Waals surface area (Å²) in [5, 5.41) is 0. The highest BCUT2D eigenvalue weighted by Gasteiger charge is 2.24. The van der Waals surface area contributed by atoms with Gasteiger partial charge in [0.15, 0.2) is 0 Å². The Kier molecular flexibility index (Phi) is 7.18. The van der Waals surface area contributed by atoms with E-state index in [-0.39, 0.29) is 6.61 Å². The molecule has 1 heterocycles. The van der Waals surface area contributed by atoms with Gasteiger partial charge in [-0.1, -0.05) is 0 Å². The van der Waals surface area contributed by atoms with Crippen molar-refractivity contribution in [2.24, 2.45) is 0 Å². The van der Waals surface area contributed by atoms with Crippen LogP contribution in [0.2, 0.25) is 0 Å². The predicted octanol–water partition coefficient (Wildman–Crippen LogP) is 0.224. The molecule has 0 unspecified atom stereocenters. The van der Waals surface area contributed by atoms with Crippen LogP contribution in [0, 0.1) is 0 Å². The van der Waals surface area contributed by atoms with Gasteiger partial charge < -0.3 is 4.48 Å². The first-order valence-corrected chi connectivity index (χ1v) is 7.23. The Bertz CT molecular complexity index is 297. The number of likely N-dealkylation sites (N-methyl/N-ethyl adjacent to an activating group) is 2. The van der Waals surface area contributed by atoms with E-state index < -0.39 is 10.4 Å². The van der Waals surface area contributed by atoms with Gasteiger partial charge in [0.05, 0.1) is 33.3 Å². The monoisotopic (exact) mass is 269 g/mol. The van der Waals surface area contributed by atoms with Crippen LogP contribution in [0.3, 0.4) is 0 Å². The Morgan fingerprint density at radius 3 is 2.00 bits per heavy atom. The van der Waals surface area contributed by atoms with Crippen LogP contribution in [-0.4, -0.2) is 75.8 Å². The quantitative estimate of drug-likeness (QED) is 0.586. The zero-order valence-electron chi connectivity index (χ0n) is 11.2. The average Bonchev–Trinajstić information content (AvgIpc) is 2.22. The molecule has 17 heavy (non-hydrogen) atoms. The second kappa shape index (κ2) is 7.27. The van der Waals surface area contributed by atoms with E-state index in [1.807, 2.05) is 0 Å². The van der Waals surface area contributed by atoms with Crippen LogP contribution in [0.25, 0.3) is 0 Å². The van der Waals surface area contributed by atoms with Crippen molar-refractivity contribution in [3.8, 4) is 0 Å². The number of rotatable bonds is 3. The van der Waals surface area contributed by atoms with E-state index in [2.05, 4.69) is 30.1 Å². The Balaban J connectivity index is 0.000000325. The summed E-state index contributed by atoms with van der Waals surface area (Å²) in [6.07, 6.45) is 0. The molecule has 0 radical (unpaired) electrons. The lowest BCUT2D eigenvalue weighted by atomic mass is 10.3. The molecule has 0 aromatic carbocycles. The largest absolute Gasteiger partial charge is 0.397 e. The average molecular weight is 269 g/mol. The van der Waals surface area contributed by atoms with E-state index in [0.29, 0.717) is 0 Å². The molecular formula is C10H25N2O4S+. The highest BCUT2D eigenvalue weighted by atomic mass is 32.3. The molecule has 0 aliphatic carbocycles. The van der Waals surface area contributed by atoms with Crippen molar-refractivity contribution in [2.45, 2.75) is 13.8 Å². The molecule has 0 aromatic heterocycles. The normalized spacial score (nSPS) is 20.5. The zero-order chi connectivity index (χ0) is 13.5. The van der Waals surface area contributed by atoms with Crippen LogP contribution >= 0.6 is 0 Å². The van der Waals surface area contributed by atoms with Gasteiger partial charge in [-0.15, -0.1) is 0 Å². The number of hydrogen-bond acceptors (Lipinski definition) is 4. The summed E-state index contributed by atoms with van der Waals surface area (Å²) >= 11 is 0. The molecule has 1 saturated heterocycles. The fraction of sp³-hybridized carbons (Fsp3) is 1.00. The van der Waals surface area contributed by atoms with Crippen LogP contribution in [-0.2, 0) is 14.6 Å². The molecule has 1 N–H and O–H groups in total. The Morgan fingerprint density at radius 1 is 1.29 bits per heavy atom. The summed E-state index contributed by atoms with van der Waals surface area (Å²) in [6, 6.07) is 0. The van der Waals surface area contributed by atoms with E-state index in [1.54, 1.807) is 0 Å². The third-order valence-electron chi connectivity index (χ3n) is 3.07. The first kappa shape index (κ1) is 16.8. The standard InChI is InChI=1S/C8H19N2.C2H6O4S/c1-4-10(3)7-5-9(2)6-8-10;1-2-6-7(3,4)5/h4-8H2,1-3H3;2H2,1H3,(H,3,4,5)/q+1;. The maximum absolute atomic E-state index is 9.56. The Labute approximate surface area is 105 Å². The summed E-state index contributed by atoms with van der Waals surface area (Å²) in [6.45, 7) is 10.2. The molecule has 7 heteroatoms. The molecule has 0 amide bonds. The van der Waals surface area contributed by atoms with Gasteiger partial charge in [-0.3, -0.25) is 9.45 Å². The Morgan fingerprint density at radius 2 is 1.76 bits per heavy atom. The maximum Gasteiger partial charge on any atom is 0.397 e. The molecule has 0 saturated carbocycles. The van der Waals surface area contributed by atoms with Crippen molar-refractivity contribution in [3.05, 3.63) is 0 Å². The third kappa shape index (κ3) is 8.50. The summed E-state index contributed by atoms with van der Waals surface area (Å²) in [4.78, 5) is 2.41. The minimum absolute atomic E-state index is 0.0289. The van der Waals surface area contributed by atoms with Crippen LogP contribution < -0.4 is 0 Å². The number of hydrogen-bond donors (Lipinski definition) is 1. The van der Waals surface area contributed by atoms with E-state index in [1.165, 1.54) is 44.1 Å². The van der Waals surface area contributed by atoms with Gasteiger partial charge in [-0.25, -0.2) is 4.18 Å². The van der Waals surface area contributed by atoms with Gasteiger partial charge in [0.25, 0.3) is 0 Å². The van der Waals surface area contributed by atoms with Crippen molar-refractivity contribution in [1.29, 1.82) is 0 Å². The summed E-state index contributed by atoms with van der Waals surface area (Å²) in [5.74, 6) is 0. The lowest BCUT2D eigenvalue weighted by Gasteiger charge is -2.40. The summed E-state index contributed by atoms with van der Waals surface area (Å²) in [5.41, 5.74) is 0. The number of nitrogens with zero attached hydrogens (tertiary/aromatic N) is 2. The lowest BCUT2D eigenvalue weighted by Crippen LogP contribution is -2.56.